The van der Waals surface area contributed by atoms with E-state index in [4.69, 9.17) is 0 Å². The van der Waals surface area contributed by atoms with Gasteiger partial charge in [0.15, 0.2) is 11.5 Å². The molecule has 2 aromatic rings. The predicted octanol–water partition coefficient (Wildman–Crippen LogP) is 8.55. The maximum atomic E-state index is 13.7. The van der Waals surface area contributed by atoms with Gasteiger partial charge in [0, 0.05) is 50.4 Å². The zero-order valence-corrected chi connectivity index (χ0v) is 27.0. The fourth-order valence-corrected chi connectivity index (χ4v) is 5.61. The molecule has 0 saturated heterocycles. The molecule has 4 rings (SSSR count). The molecule has 1 amide bonds. The molecule has 2 heterocycles. The molecule has 1 fully saturated rings. The first-order chi connectivity index (χ1) is 20.7. The number of rotatable bonds is 11. The van der Waals surface area contributed by atoms with Gasteiger partial charge in [0.2, 0.25) is 0 Å². The zero-order valence-electron chi connectivity index (χ0n) is 27.0. The van der Waals surface area contributed by atoms with E-state index >= 15 is 0 Å². The third-order valence-electron chi connectivity index (χ3n) is 8.22. The summed E-state index contributed by atoms with van der Waals surface area (Å²) in [5.41, 5.74) is 5.06. The molecule has 0 radical (unpaired) electrons. The largest absolute Gasteiger partial charge is 0.506 e. The van der Waals surface area contributed by atoms with Crippen LogP contribution in [0.15, 0.2) is 72.6 Å². The van der Waals surface area contributed by atoms with Gasteiger partial charge in [-0.3, -0.25) is 14.6 Å². The fraction of sp³-hybridized carbons (Fsp3) is 0.472. The topological polar surface area (TPSA) is 73.7 Å². The van der Waals surface area contributed by atoms with Gasteiger partial charge in [-0.2, -0.15) is 8.78 Å². The second-order valence-electron chi connectivity index (χ2n) is 12.1. The summed E-state index contributed by atoms with van der Waals surface area (Å²) in [6.45, 7) is 16.7. The molecule has 238 valence electrons. The highest BCUT2D eigenvalue weighted by atomic mass is 19.3. The molecule has 1 N–H and O–H groups in total. The van der Waals surface area contributed by atoms with Crippen LogP contribution in [-0.4, -0.2) is 46.3 Å². The van der Waals surface area contributed by atoms with Gasteiger partial charge < -0.3 is 14.9 Å². The molecule has 8 heteroatoms. The highest BCUT2D eigenvalue weighted by Gasteiger charge is 2.36. The lowest BCUT2D eigenvalue weighted by atomic mass is 9.86. The minimum atomic E-state index is -3.30. The second kappa shape index (κ2) is 14.8. The monoisotopic (exact) mass is 607 g/mol. The molecule has 1 atom stereocenters. The number of amides is 1. The number of carbonyl (C=O) groups excluding carboxylic acids is 2. The van der Waals surface area contributed by atoms with Gasteiger partial charge in [0.1, 0.15) is 5.75 Å². The van der Waals surface area contributed by atoms with E-state index in [2.05, 4.69) is 61.3 Å². The van der Waals surface area contributed by atoms with Crippen LogP contribution in [-0.2, 0) is 10.7 Å². The SMILES string of the molecule is C=C(CCC)C1=C(N(C)c2ccc(C3CC3)cc2)CCN(C(=O)c2cnc(C(C)(F)F)c(O)c2)C1CC.C=CC(=O)C(C)C. The molecule has 1 aromatic carbocycles. The number of aromatic hydroxyl groups is 1. The summed E-state index contributed by atoms with van der Waals surface area (Å²) in [4.78, 5) is 31.7. The van der Waals surface area contributed by atoms with Crippen molar-refractivity contribution in [3.8, 4) is 5.75 Å². The van der Waals surface area contributed by atoms with E-state index in [1.807, 2.05) is 20.8 Å². The van der Waals surface area contributed by atoms with E-state index in [0.717, 1.165) is 47.6 Å². The molecular weight excluding hydrogens is 560 g/mol. The first-order valence-electron chi connectivity index (χ1n) is 15.5. The average molecular weight is 608 g/mol. The summed E-state index contributed by atoms with van der Waals surface area (Å²) in [7, 11) is 2.07. The normalized spacial score (nSPS) is 16.8. The van der Waals surface area contributed by atoms with Gasteiger partial charge in [-0.1, -0.05) is 59.4 Å². The number of halogens is 2. The number of aromatic nitrogens is 1. The van der Waals surface area contributed by atoms with Crippen molar-refractivity contribution in [2.24, 2.45) is 5.92 Å². The molecule has 1 aromatic heterocycles. The number of pyridine rings is 1. The van der Waals surface area contributed by atoms with Crippen LogP contribution in [0, 0.1) is 5.92 Å². The van der Waals surface area contributed by atoms with E-state index in [9.17, 15) is 23.5 Å². The molecule has 1 aliphatic heterocycles. The van der Waals surface area contributed by atoms with Gasteiger partial charge in [0.05, 0.1) is 11.6 Å². The van der Waals surface area contributed by atoms with Crippen molar-refractivity contribution in [1.29, 1.82) is 0 Å². The summed E-state index contributed by atoms with van der Waals surface area (Å²) in [6.07, 6.45) is 8.07. The fourth-order valence-electron chi connectivity index (χ4n) is 5.61. The van der Waals surface area contributed by atoms with Crippen LogP contribution in [0.25, 0.3) is 0 Å². The van der Waals surface area contributed by atoms with Crippen LogP contribution in [0.1, 0.15) is 101 Å². The Balaban J connectivity index is 0.000000676. The van der Waals surface area contributed by atoms with Crippen molar-refractivity contribution < 1.29 is 23.5 Å². The molecule has 1 unspecified atom stereocenters. The Morgan fingerprint density at radius 1 is 1.20 bits per heavy atom. The van der Waals surface area contributed by atoms with Crippen molar-refractivity contribution in [2.45, 2.75) is 91.0 Å². The molecule has 1 saturated carbocycles. The number of nitrogens with zero attached hydrogens (tertiary/aromatic N) is 3. The summed E-state index contributed by atoms with van der Waals surface area (Å²) in [5.74, 6) is -3.39. The minimum absolute atomic E-state index is 0.0943. The Morgan fingerprint density at radius 2 is 1.84 bits per heavy atom. The zero-order chi connectivity index (χ0) is 32.8. The van der Waals surface area contributed by atoms with Gasteiger partial charge in [0.25, 0.3) is 11.8 Å². The summed E-state index contributed by atoms with van der Waals surface area (Å²) in [5, 5.41) is 10.2. The highest BCUT2D eigenvalue weighted by molar-refractivity contribution is 5.95. The van der Waals surface area contributed by atoms with E-state index < -0.39 is 17.4 Å². The van der Waals surface area contributed by atoms with Crippen molar-refractivity contribution in [3.63, 3.8) is 0 Å². The van der Waals surface area contributed by atoms with E-state index in [1.165, 1.54) is 24.5 Å². The maximum Gasteiger partial charge on any atom is 0.290 e. The minimum Gasteiger partial charge on any atom is -0.506 e. The average Bonchev–Trinajstić information content (AvgIpc) is 3.84. The van der Waals surface area contributed by atoms with Gasteiger partial charge in [-0.15, -0.1) is 0 Å². The van der Waals surface area contributed by atoms with Gasteiger partial charge >= 0.3 is 0 Å². The third-order valence-corrected chi connectivity index (χ3v) is 8.22. The Bertz CT molecular complexity index is 1390. The van der Waals surface area contributed by atoms with Crippen molar-refractivity contribution in [3.05, 3.63) is 89.4 Å². The lowest BCUT2D eigenvalue weighted by Crippen LogP contribution is -2.47. The quantitative estimate of drug-likeness (QED) is 0.259. The molecule has 0 spiro atoms. The first kappa shape index (κ1) is 34.7. The number of carbonyl (C=O) groups is 2. The summed E-state index contributed by atoms with van der Waals surface area (Å²) in [6, 6.07) is 9.63. The summed E-state index contributed by atoms with van der Waals surface area (Å²) >= 11 is 0. The van der Waals surface area contributed by atoms with Gasteiger partial charge in [-0.25, -0.2) is 0 Å². The standard InChI is InChI=1S/C30H37F2N3O2.C6H10O/c1-6-8-19(3)27-24(7-2)35(29(37)22-17-26(36)28(33-18-22)30(4,31)32)16-15-25(27)34(5)23-13-11-21(12-14-23)20-9-10-20;1-4-6(7)5(2)3/h11-14,17-18,20,24,36H,3,6-10,15-16H2,1-2,4-5H3;4-5H,1H2,2-3H3. The number of allylic oxidation sites excluding steroid dienone is 1. The van der Waals surface area contributed by atoms with Crippen LogP contribution in [0.2, 0.25) is 0 Å². The first-order valence-corrected chi connectivity index (χ1v) is 15.5. The molecule has 2 aliphatic rings. The molecule has 0 bridgehead atoms. The van der Waals surface area contributed by atoms with Crippen molar-refractivity contribution in [2.75, 3.05) is 18.5 Å². The lowest BCUT2D eigenvalue weighted by Gasteiger charge is -2.42. The lowest BCUT2D eigenvalue weighted by molar-refractivity contribution is -0.117. The van der Waals surface area contributed by atoms with Crippen LogP contribution in [0.5, 0.6) is 5.75 Å². The number of anilines is 1. The highest BCUT2D eigenvalue weighted by Crippen LogP contribution is 2.41. The van der Waals surface area contributed by atoms with E-state index in [-0.39, 0.29) is 29.2 Å². The predicted molar refractivity (Wildman–Crippen MR) is 173 cm³/mol. The number of hydrogen-bond donors (Lipinski definition) is 1. The number of ketones is 1. The number of alkyl halides is 2. The molecule has 1 aliphatic carbocycles. The van der Waals surface area contributed by atoms with Crippen molar-refractivity contribution in [1.82, 2.24) is 9.88 Å². The van der Waals surface area contributed by atoms with Crippen LogP contribution in [0.3, 0.4) is 0 Å². The number of benzene rings is 1. The molecular formula is C36H47F2N3O3. The third kappa shape index (κ3) is 8.21. The number of hydrogen-bond acceptors (Lipinski definition) is 5. The molecule has 6 nitrogen and oxygen atoms in total. The van der Waals surface area contributed by atoms with Crippen molar-refractivity contribution >= 4 is 17.4 Å². The summed E-state index contributed by atoms with van der Waals surface area (Å²) < 4.78 is 27.4. The smallest absolute Gasteiger partial charge is 0.290 e. The molecule has 44 heavy (non-hydrogen) atoms. The Hall–Kier alpha value is -3.81. The maximum absolute atomic E-state index is 13.7. The Kier molecular flexibility index (Phi) is 11.6. The van der Waals surface area contributed by atoms with Crippen LogP contribution in [0.4, 0.5) is 14.5 Å². The van der Waals surface area contributed by atoms with E-state index in [1.54, 1.807) is 4.90 Å². The van der Waals surface area contributed by atoms with E-state index in [0.29, 0.717) is 32.2 Å². The van der Waals surface area contributed by atoms with Crippen LogP contribution < -0.4 is 4.90 Å². The second-order valence-corrected chi connectivity index (χ2v) is 12.1. The van der Waals surface area contributed by atoms with Crippen LogP contribution >= 0.6 is 0 Å². The Morgan fingerprint density at radius 3 is 2.30 bits per heavy atom. The van der Waals surface area contributed by atoms with Gasteiger partial charge in [-0.05, 0) is 72.6 Å². The Labute approximate surface area is 261 Å².